The Labute approximate surface area is 85.9 Å². The molecule has 0 fully saturated rings. The Balaban J connectivity index is 2.37. The SMILES string of the molecule is O=C([O-])CSCc1ccc(Cl)cc1. The van der Waals surface area contributed by atoms with Crippen molar-refractivity contribution in [1.82, 2.24) is 0 Å². The highest BCUT2D eigenvalue weighted by atomic mass is 35.5. The standard InChI is InChI=1S/C9H9ClO2S/c10-8-3-1-7(2-4-8)5-13-6-9(11)12/h1-4H,5-6H2,(H,11,12)/p-1. The molecule has 0 unspecified atom stereocenters. The first-order valence-corrected chi connectivity index (χ1v) is 5.24. The van der Waals surface area contributed by atoms with E-state index in [0.29, 0.717) is 10.8 Å². The van der Waals surface area contributed by atoms with Gasteiger partial charge in [-0.2, -0.15) is 11.8 Å². The van der Waals surface area contributed by atoms with Gasteiger partial charge in [-0.25, -0.2) is 0 Å². The van der Waals surface area contributed by atoms with Crippen LogP contribution in [0.5, 0.6) is 0 Å². The quantitative estimate of drug-likeness (QED) is 0.761. The molecular weight excluding hydrogens is 208 g/mol. The van der Waals surface area contributed by atoms with Crippen LogP contribution in [0.4, 0.5) is 0 Å². The summed E-state index contributed by atoms with van der Waals surface area (Å²) in [6.45, 7) is 0. The Kier molecular flexibility index (Phi) is 4.12. The molecule has 70 valence electrons. The molecule has 0 aliphatic rings. The molecule has 0 saturated carbocycles. The van der Waals surface area contributed by atoms with Crippen molar-refractivity contribution in [2.75, 3.05) is 5.75 Å². The van der Waals surface area contributed by atoms with E-state index in [9.17, 15) is 9.90 Å². The number of carbonyl (C=O) groups excluding carboxylic acids is 1. The van der Waals surface area contributed by atoms with Gasteiger partial charge in [0.1, 0.15) is 0 Å². The van der Waals surface area contributed by atoms with Crippen LogP contribution in [-0.2, 0) is 10.5 Å². The molecule has 0 radical (unpaired) electrons. The van der Waals surface area contributed by atoms with Gasteiger partial charge in [0.2, 0.25) is 0 Å². The van der Waals surface area contributed by atoms with Crippen molar-refractivity contribution in [2.45, 2.75) is 5.75 Å². The number of carbonyl (C=O) groups is 1. The summed E-state index contributed by atoms with van der Waals surface area (Å²) in [7, 11) is 0. The summed E-state index contributed by atoms with van der Waals surface area (Å²) in [5.41, 5.74) is 1.07. The lowest BCUT2D eigenvalue weighted by Gasteiger charge is -2.02. The highest BCUT2D eigenvalue weighted by Crippen LogP contribution is 2.14. The van der Waals surface area contributed by atoms with Gasteiger partial charge in [0.15, 0.2) is 0 Å². The first-order valence-electron chi connectivity index (χ1n) is 3.70. The van der Waals surface area contributed by atoms with Crippen molar-refractivity contribution >= 4 is 29.3 Å². The molecule has 13 heavy (non-hydrogen) atoms. The molecule has 0 aliphatic heterocycles. The van der Waals surface area contributed by atoms with E-state index in [1.807, 2.05) is 12.1 Å². The summed E-state index contributed by atoms with van der Waals surface area (Å²) in [6, 6.07) is 7.34. The van der Waals surface area contributed by atoms with Crippen molar-refractivity contribution in [3.63, 3.8) is 0 Å². The van der Waals surface area contributed by atoms with E-state index >= 15 is 0 Å². The first-order chi connectivity index (χ1) is 6.18. The Bertz CT molecular complexity index is 284. The average Bonchev–Trinajstić information content (AvgIpc) is 2.08. The van der Waals surface area contributed by atoms with Gasteiger partial charge in [0.25, 0.3) is 0 Å². The molecule has 0 heterocycles. The molecule has 2 nitrogen and oxygen atoms in total. The number of halogens is 1. The maximum atomic E-state index is 10.1. The van der Waals surface area contributed by atoms with Crippen LogP contribution < -0.4 is 5.11 Å². The van der Waals surface area contributed by atoms with Crippen LogP contribution in [-0.4, -0.2) is 11.7 Å². The fourth-order valence-electron chi connectivity index (χ4n) is 0.833. The number of benzene rings is 1. The smallest absolute Gasteiger partial charge is 0.0513 e. The van der Waals surface area contributed by atoms with E-state index < -0.39 is 5.97 Å². The second kappa shape index (κ2) is 5.14. The van der Waals surface area contributed by atoms with Crippen molar-refractivity contribution in [2.24, 2.45) is 0 Å². The number of aliphatic carboxylic acids is 1. The second-order valence-corrected chi connectivity index (χ2v) is 3.91. The molecular formula is C9H8ClO2S-. The number of rotatable bonds is 4. The zero-order valence-electron chi connectivity index (χ0n) is 6.83. The molecule has 1 aromatic rings. The third-order valence-corrected chi connectivity index (χ3v) is 2.63. The molecule has 0 atom stereocenters. The molecule has 4 heteroatoms. The fourth-order valence-corrected chi connectivity index (χ4v) is 1.66. The highest BCUT2D eigenvalue weighted by Gasteiger charge is 1.93. The van der Waals surface area contributed by atoms with Crippen LogP contribution in [0.3, 0.4) is 0 Å². The Hall–Kier alpha value is -0.670. The third-order valence-electron chi connectivity index (χ3n) is 1.40. The van der Waals surface area contributed by atoms with Gasteiger partial charge in [-0.3, -0.25) is 0 Å². The normalized spacial score (nSPS) is 9.92. The van der Waals surface area contributed by atoms with Crippen molar-refractivity contribution in [1.29, 1.82) is 0 Å². The minimum atomic E-state index is -1.03. The van der Waals surface area contributed by atoms with Crippen molar-refractivity contribution < 1.29 is 9.90 Å². The predicted octanol–water partition coefficient (Wildman–Crippen LogP) is 1.32. The van der Waals surface area contributed by atoms with Gasteiger partial charge in [-0.1, -0.05) is 23.7 Å². The van der Waals surface area contributed by atoms with Crippen LogP contribution in [0, 0.1) is 0 Å². The molecule has 0 bridgehead atoms. The van der Waals surface area contributed by atoms with Crippen LogP contribution in [0.2, 0.25) is 5.02 Å². The first kappa shape index (κ1) is 10.4. The van der Waals surface area contributed by atoms with E-state index in [1.54, 1.807) is 12.1 Å². The topological polar surface area (TPSA) is 40.1 Å². The highest BCUT2D eigenvalue weighted by molar-refractivity contribution is 7.99. The minimum Gasteiger partial charge on any atom is -0.549 e. The lowest BCUT2D eigenvalue weighted by molar-refractivity contribution is -0.301. The van der Waals surface area contributed by atoms with Crippen molar-refractivity contribution in [3.8, 4) is 0 Å². The minimum absolute atomic E-state index is 0.0304. The molecule has 1 aromatic carbocycles. The molecule has 0 spiro atoms. The number of hydrogen-bond donors (Lipinski definition) is 0. The predicted molar refractivity (Wildman–Crippen MR) is 52.6 cm³/mol. The molecule has 0 aliphatic carbocycles. The number of hydrogen-bond acceptors (Lipinski definition) is 3. The van der Waals surface area contributed by atoms with Gasteiger partial charge in [0, 0.05) is 16.5 Å². The summed E-state index contributed by atoms with van der Waals surface area (Å²) in [5, 5.41) is 10.8. The maximum absolute atomic E-state index is 10.1. The van der Waals surface area contributed by atoms with Gasteiger partial charge >= 0.3 is 0 Å². The summed E-state index contributed by atoms with van der Waals surface area (Å²) < 4.78 is 0. The Morgan fingerprint density at radius 2 is 2.00 bits per heavy atom. The zero-order valence-corrected chi connectivity index (χ0v) is 8.40. The van der Waals surface area contributed by atoms with Crippen LogP contribution in [0.15, 0.2) is 24.3 Å². The Morgan fingerprint density at radius 1 is 1.38 bits per heavy atom. The summed E-state index contributed by atoms with van der Waals surface area (Å²) >= 11 is 7.00. The van der Waals surface area contributed by atoms with Crippen LogP contribution >= 0.6 is 23.4 Å². The number of carboxylic acids is 1. The van der Waals surface area contributed by atoms with Gasteiger partial charge in [-0.15, -0.1) is 0 Å². The summed E-state index contributed by atoms with van der Waals surface area (Å²) in [5.74, 6) is -0.327. The van der Waals surface area contributed by atoms with Crippen molar-refractivity contribution in [3.05, 3.63) is 34.9 Å². The molecule has 0 N–H and O–H groups in total. The maximum Gasteiger partial charge on any atom is 0.0513 e. The lowest BCUT2D eigenvalue weighted by Crippen LogP contribution is -2.24. The van der Waals surface area contributed by atoms with Gasteiger partial charge < -0.3 is 9.90 Å². The molecule has 1 rings (SSSR count). The van der Waals surface area contributed by atoms with Crippen LogP contribution in [0.25, 0.3) is 0 Å². The average molecular weight is 216 g/mol. The van der Waals surface area contributed by atoms with Gasteiger partial charge in [-0.05, 0) is 17.7 Å². The summed E-state index contributed by atoms with van der Waals surface area (Å²) in [6.07, 6.45) is 0. The second-order valence-electron chi connectivity index (χ2n) is 2.49. The zero-order chi connectivity index (χ0) is 9.68. The number of carboxylic acid groups (broad SMARTS) is 1. The summed E-state index contributed by atoms with van der Waals surface area (Å²) in [4.78, 5) is 10.1. The molecule has 0 aromatic heterocycles. The monoisotopic (exact) mass is 215 g/mol. The fraction of sp³-hybridized carbons (Fsp3) is 0.222. The third kappa shape index (κ3) is 4.20. The van der Waals surface area contributed by atoms with E-state index in [0.717, 1.165) is 5.56 Å². The molecule has 0 amide bonds. The van der Waals surface area contributed by atoms with E-state index in [1.165, 1.54) is 11.8 Å². The Morgan fingerprint density at radius 3 is 2.54 bits per heavy atom. The van der Waals surface area contributed by atoms with E-state index in [4.69, 9.17) is 11.6 Å². The van der Waals surface area contributed by atoms with E-state index in [2.05, 4.69) is 0 Å². The molecule has 0 saturated heterocycles. The van der Waals surface area contributed by atoms with E-state index in [-0.39, 0.29) is 5.75 Å². The van der Waals surface area contributed by atoms with Crippen LogP contribution in [0.1, 0.15) is 5.56 Å². The number of thioether (sulfide) groups is 1. The lowest BCUT2D eigenvalue weighted by atomic mass is 10.2. The van der Waals surface area contributed by atoms with Gasteiger partial charge in [0.05, 0.1) is 5.97 Å². The largest absolute Gasteiger partial charge is 0.549 e.